The van der Waals surface area contributed by atoms with Crippen molar-refractivity contribution >= 4 is 11.2 Å². The predicted octanol–water partition coefficient (Wildman–Crippen LogP) is -0.599. The highest BCUT2D eigenvalue weighted by Crippen LogP contribution is 2.33. The molecule has 3 aromatic rings. The van der Waals surface area contributed by atoms with Gasteiger partial charge in [0.2, 0.25) is 0 Å². The lowest BCUT2D eigenvalue weighted by Gasteiger charge is -2.16. The topological polar surface area (TPSA) is 140 Å². The van der Waals surface area contributed by atoms with E-state index >= 15 is 0 Å². The fourth-order valence-corrected chi connectivity index (χ4v) is 2.80. The minimum absolute atomic E-state index is 0.404. The Hall–Kier alpha value is -2.40. The van der Waals surface area contributed by atoms with Gasteiger partial charge in [0.05, 0.1) is 18.6 Å². The number of fused-ring (bicyclic) bond motifs is 1. The molecule has 0 unspecified atom stereocenters. The van der Waals surface area contributed by atoms with Crippen molar-refractivity contribution in [2.75, 3.05) is 6.61 Å². The second-order valence-corrected chi connectivity index (χ2v) is 5.61. The van der Waals surface area contributed by atoms with E-state index in [1.54, 1.807) is 13.0 Å². The normalized spacial score (nSPS) is 27.2. The molecule has 10 nitrogen and oxygen atoms in total. The van der Waals surface area contributed by atoms with E-state index in [4.69, 9.17) is 9.26 Å². The molecule has 10 heteroatoms. The summed E-state index contributed by atoms with van der Waals surface area (Å²) >= 11 is 0. The number of aliphatic hydroxyl groups is 3. The number of hydrogen-bond donors (Lipinski definition) is 3. The van der Waals surface area contributed by atoms with Gasteiger partial charge in [-0.3, -0.25) is 4.57 Å². The lowest BCUT2D eigenvalue weighted by molar-refractivity contribution is -0.0511. The van der Waals surface area contributed by atoms with E-state index < -0.39 is 31.1 Å². The summed E-state index contributed by atoms with van der Waals surface area (Å²) in [6, 6.07) is 1.73. The second-order valence-electron chi connectivity index (χ2n) is 5.61. The van der Waals surface area contributed by atoms with Crippen LogP contribution in [0.25, 0.3) is 22.6 Å². The highest BCUT2D eigenvalue weighted by Gasteiger charge is 2.44. The molecule has 0 bridgehead atoms. The molecule has 0 amide bonds. The largest absolute Gasteiger partial charge is 0.394 e. The molecule has 24 heavy (non-hydrogen) atoms. The number of aromatic nitrogens is 5. The van der Waals surface area contributed by atoms with Crippen molar-refractivity contribution in [1.29, 1.82) is 0 Å². The predicted molar refractivity (Wildman–Crippen MR) is 78.6 cm³/mol. The molecule has 1 aliphatic rings. The fourth-order valence-electron chi connectivity index (χ4n) is 2.80. The van der Waals surface area contributed by atoms with Gasteiger partial charge in [-0.05, 0) is 6.92 Å². The van der Waals surface area contributed by atoms with Gasteiger partial charge >= 0.3 is 0 Å². The summed E-state index contributed by atoms with van der Waals surface area (Å²) in [5, 5.41) is 33.1. The Morgan fingerprint density at radius 2 is 2.04 bits per heavy atom. The smallest absolute Gasteiger partial charge is 0.187 e. The monoisotopic (exact) mass is 333 g/mol. The Kier molecular flexibility index (Phi) is 3.53. The van der Waals surface area contributed by atoms with E-state index in [0.717, 1.165) is 0 Å². The molecule has 1 fully saturated rings. The molecule has 4 heterocycles. The lowest BCUT2D eigenvalue weighted by atomic mass is 10.1. The third-order valence-electron chi connectivity index (χ3n) is 4.01. The van der Waals surface area contributed by atoms with Crippen LogP contribution < -0.4 is 0 Å². The van der Waals surface area contributed by atoms with Crippen LogP contribution in [0.2, 0.25) is 0 Å². The molecule has 3 aromatic heterocycles. The summed E-state index contributed by atoms with van der Waals surface area (Å²) < 4.78 is 12.2. The molecular formula is C14H15N5O5. The van der Waals surface area contributed by atoms with Crippen molar-refractivity contribution in [3.8, 4) is 11.5 Å². The molecule has 1 aliphatic heterocycles. The summed E-state index contributed by atoms with van der Waals surface area (Å²) in [7, 11) is 0. The first-order valence-electron chi connectivity index (χ1n) is 7.34. The van der Waals surface area contributed by atoms with Crippen LogP contribution in [0.1, 0.15) is 11.9 Å². The summed E-state index contributed by atoms with van der Waals surface area (Å²) in [5.41, 5.74) is 2.03. The molecule has 4 atom stereocenters. The molecule has 0 aromatic carbocycles. The van der Waals surface area contributed by atoms with Crippen LogP contribution >= 0.6 is 0 Å². The van der Waals surface area contributed by atoms with E-state index in [9.17, 15) is 15.3 Å². The summed E-state index contributed by atoms with van der Waals surface area (Å²) in [6.45, 7) is 1.39. The van der Waals surface area contributed by atoms with Gasteiger partial charge in [0.1, 0.15) is 35.8 Å². The Balaban J connectivity index is 1.79. The van der Waals surface area contributed by atoms with Crippen LogP contribution in [0, 0.1) is 6.92 Å². The SMILES string of the molecule is Cc1cc(-c2ncnc3c2ncn3[C@@H]2O[C@H](CO)[C@@H](O)[C@H]2O)on1. The van der Waals surface area contributed by atoms with Crippen LogP contribution in [-0.2, 0) is 4.74 Å². The molecule has 0 aliphatic carbocycles. The zero-order chi connectivity index (χ0) is 16.8. The summed E-state index contributed by atoms with van der Waals surface area (Å²) in [6.07, 6.45) is -1.43. The lowest BCUT2D eigenvalue weighted by Crippen LogP contribution is -2.33. The van der Waals surface area contributed by atoms with Gasteiger partial charge in [-0.1, -0.05) is 5.16 Å². The molecular weight excluding hydrogens is 318 g/mol. The molecule has 3 N–H and O–H groups in total. The van der Waals surface area contributed by atoms with Crippen LogP contribution in [0.15, 0.2) is 23.2 Å². The van der Waals surface area contributed by atoms with E-state index in [0.29, 0.717) is 28.3 Å². The van der Waals surface area contributed by atoms with Gasteiger partial charge in [-0.2, -0.15) is 0 Å². The highest BCUT2D eigenvalue weighted by molar-refractivity contribution is 5.85. The number of imidazole rings is 1. The summed E-state index contributed by atoms with van der Waals surface area (Å²) in [4.78, 5) is 12.6. The van der Waals surface area contributed by atoms with E-state index in [1.165, 1.54) is 17.2 Å². The molecule has 0 saturated carbocycles. The van der Waals surface area contributed by atoms with Gasteiger partial charge in [0, 0.05) is 6.07 Å². The second kappa shape index (κ2) is 5.60. The molecule has 0 radical (unpaired) electrons. The van der Waals surface area contributed by atoms with Gasteiger partial charge in [-0.25, -0.2) is 15.0 Å². The highest BCUT2D eigenvalue weighted by atomic mass is 16.6. The molecule has 126 valence electrons. The number of aryl methyl sites for hydroxylation is 1. The van der Waals surface area contributed by atoms with Gasteiger partial charge < -0.3 is 24.6 Å². The number of hydrogen-bond acceptors (Lipinski definition) is 9. The fraction of sp³-hybridized carbons (Fsp3) is 0.429. The van der Waals surface area contributed by atoms with Crippen molar-refractivity contribution < 1.29 is 24.6 Å². The van der Waals surface area contributed by atoms with Crippen molar-refractivity contribution in [2.45, 2.75) is 31.5 Å². The number of ether oxygens (including phenoxy) is 1. The number of nitrogens with zero attached hydrogens (tertiary/aromatic N) is 5. The van der Waals surface area contributed by atoms with Crippen molar-refractivity contribution in [2.24, 2.45) is 0 Å². The van der Waals surface area contributed by atoms with E-state index in [1.807, 2.05) is 0 Å². The molecule has 1 saturated heterocycles. The van der Waals surface area contributed by atoms with Gasteiger partial charge in [0.15, 0.2) is 17.6 Å². The van der Waals surface area contributed by atoms with Gasteiger partial charge in [-0.15, -0.1) is 0 Å². The first-order chi connectivity index (χ1) is 11.6. The Bertz CT molecular complexity index is 877. The Labute approximate surface area is 135 Å². The average Bonchev–Trinajstić information content (AvgIpc) is 3.27. The number of aliphatic hydroxyl groups excluding tert-OH is 3. The van der Waals surface area contributed by atoms with Gasteiger partial charge in [0.25, 0.3) is 0 Å². The van der Waals surface area contributed by atoms with Crippen molar-refractivity contribution in [3.63, 3.8) is 0 Å². The first-order valence-corrected chi connectivity index (χ1v) is 7.34. The van der Waals surface area contributed by atoms with E-state index in [-0.39, 0.29) is 0 Å². The standard InChI is InChI=1S/C14H15N5O5/c1-6-2-7(24-18-6)9-10-13(16-4-15-9)19(5-17-10)14-12(22)11(21)8(3-20)23-14/h2,4-5,8,11-12,14,20-22H,3H2,1H3/t8-,11-,12-,14-/m1/s1. The maximum atomic E-state index is 10.2. The van der Waals surface area contributed by atoms with Crippen molar-refractivity contribution in [1.82, 2.24) is 24.7 Å². The minimum atomic E-state index is -1.22. The number of rotatable bonds is 3. The van der Waals surface area contributed by atoms with Crippen LogP contribution in [0.3, 0.4) is 0 Å². The molecule has 0 spiro atoms. The minimum Gasteiger partial charge on any atom is -0.394 e. The summed E-state index contributed by atoms with van der Waals surface area (Å²) in [5.74, 6) is 0.450. The zero-order valence-electron chi connectivity index (χ0n) is 12.6. The third kappa shape index (κ3) is 2.19. The Morgan fingerprint density at radius 3 is 2.71 bits per heavy atom. The third-order valence-corrected chi connectivity index (χ3v) is 4.01. The quantitative estimate of drug-likeness (QED) is 0.573. The Morgan fingerprint density at radius 1 is 1.21 bits per heavy atom. The maximum Gasteiger partial charge on any atom is 0.187 e. The average molecular weight is 333 g/mol. The van der Waals surface area contributed by atoms with E-state index in [2.05, 4.69) is 20.1 Å². The van der Waals surface area contributed by atoms with Crippen molar-refractivity contribution in [3.05, 3.63) is 24.4 Å². The van der Waals surface area contributed by atoms with Crippen LogP contribution in [0.5, 0.6) is 0 Å². The molecule has 4 rings (SSSR count). The maximum absolute atomic E-state index is 10.2. The van der Waals surface area contributed by atoms with Crippen LogP contribution in [0.4, 0.5) is 0 Å². The zero-order valence-corrected chi connectivity index (χ0v) is 12.6. The van der Waals surface area contributed by atoms with Crippen LogP contribution in [-0.4, -0.2) is 64.9 Å². The first kappa shape index (κ1) is 15.1.